The Morgan fingerprint density at radius 1 is 0.243 bits per heavy atom. The summed E-state index contributed by atoms with van der Waals surface area (Å²) in [5.41, 5.74) is 4.80. The zero-order chi connectivity index (χ0) is 51.7. The molecule has 0 aromatic heterocycles. The van der Waals surface area contributed by atoms with Crippen LogP contribution in [0.5, 0.6) is 46.0 Å². The van der Waals surface area contributed by atoms with Crippen molar-refractivity contribution in [1.29, 1.82) is 42.1 Å². The monoisotopic (exact) mass is 956 g/mol. The molecule has 1 aliphatic carbocycles. The third kappa shape index (κ3) is 9.59. The quantitative estimate of drug-likeness (QED) is 0.111. The molecule has 1 fully saturated rings. The van der Waals surface area contributed by atoms with Gasteiger partial charge in [-0.3, -0.25) is 0 Å². The Balaban J connectivity index is 1.10. The summed E-state index contributed by atoms with van der Waals surface area (Å²) in [6, 6.07) is 67.0. The molecule has 12 nitrogen and oxygen atoms in total. The summed E-state index contributed by atoms with van der Waals surface area (Å²) in [5, 5.41) is 76.6. The number of hydrogen-bond acceptors (Lipinski definition) is 12. The van der Waals surface area contributed by atoms with Crippen LogP contribution >= 0.6 is 0 Å². The molecule has 74 heavy (non-hydrogen) atoms. The second-order valence-electron chi connectivity index (χ2n) is 17.4. The zero-order valence-corrected chi connectivity index (χ0v) is 39.2. The normalized spacial score (nSPS) is 12.8. The molecule has 0 amide bonds. The first kappa shape index (κ1) is 47.9. The lowest BCUT2D eigenvalue weighted by Gasteiger charge is -2.48. The molecule has 0 atom stereocenters. The fraction of sp³-hybridized carbons (Fsp3) is 0.0968. The van der Waals surface area contributed by atoms with Crippen molar-refractivity contribution in [2.75, 3.05) is 0 Å². The molecule has 0 heterocycles. The van der Waals surface area contributed by atoms with Gasteiger partial charge >= 0.3 is 0 Å². The molecule has 1 aliphatic rings. The lowest BCUT2D eigenvalue weighted by Crippen LogP contribution is -2.41. The minimum atomic E-state index is -0.583. The first-order chi connectivity index (χ1) is 36.2. The van der Waals surface area contributed by atoms with E-state index in [0.717, 1.165) is 22.3 Å². The molecular weight excluding hydrogens is 921 g/mol. The van der Waals surface area contributed by atoms with E-state index in [4.69, 9.17) is 18.9 Å². The number of benzene rings is 8. The Kier molecular flexibility index (Phi) is 13.5. The van der Waals surface area contributed by atoms with Crippen molar-refractivity contribution in [1.82, 2.24) is 0 Å². The second kappa shape index (κ2) is 20.9. The number of ether oxygens (including phenoxy) is 4. The molecule has 0 radical (unpaired) electrons. The fourth-order valence-corrected chi connectivity index (χ4v) is 9.63. The average Bonchev–Trinajstić information content (AvgIpc) is 3.46. The third-order valence-corrected chi connectivity index (χ3v) is 13.4. The largest absolute Gasteiger partial charge is 0.457 e. The van der Waals surface area contributed by atoms with Crippen LogP contribution in [0.25, 0.3) is 0 Å². The number of nitrogens with zero attached hydrogens (tertiary/aromatic N) is 8. The first-order valence-electron chi connectivity index (χ1n) is 23.1. The predicted molar refractivity (Wildman–Crippen MR) is 270 cm³/mol. The molecule has 0 aliphatic heterocycles. The molecular formula is C62H36N8O4. The van der Waals surface area contributed by atoms with E-state index in [0.29, 0.717) is 71.7 Å². The van der Waals surface area contributed by atoms with Gasteiger partial charge in [0.1, 0.15) is 94.5 Å². The molecule has 8 aromatic rings. The fourth-order valence-electron chi connectivity index (χ4n) is 9.63. The van der Waals surface area contributed by atoms with Crippen LogP contribution in [-0.2, 0) is 10.8 Å². The molecule has 12 heteroatoms. The average molecular weight is 957 g/mol. The van der Waals surface area contributed by atoms with E-state index in [-0.39, 0.29) is 44.5 Å². The minimum Gasteiger partial charge on any atom is -0.457 e. The van der Waals surface area contributed by atoms with Crippen LogP contribution in [0.4, 0.5) is 0 Å². The molecule has 0 spiro atoms. The van der Waals surface area contributed by atoms with Gasteiger partial charge in [-0.15, -0.1) is 0 Å². The Morgan fingerprint density at radius 2 is 0.486 bits per heavy atom. The molecule has 0 unspecified atom stereocenters. The molecule has 0 saturated heterocycles. The highest BCUT2D eigenvalue weighted by molar-refractivity contribution is 5.56. The van der Waals surface area contributed by atoms with Crippen LogP contribution in [-0.4, -0.2) is 0 Å². The molecule has 9 rings (SSSR count). The van der Waals surface area contributed by atoms with Gasteiger partial charge in [0.25, 0.3) is 0 Å². The number of hydrogen-bond donors (Lipinski definition) is 0. The van der Waals surface area contributed by atoms with Crippen molar-refractivity contribution in [2.45, 2.75) is 36.5 Å². The maximum Gasteiger partial charge on any atom is 0.128 e. The van der Waals surface area contributed by atoms with Gasteiger partial charge in [-0.05, 0) is 169 Å². The van der Waals surface area contributed by atoms with Crippen LogP contribution in [0.1, 0.15) is 92.4 Å². The topological polar surface area (TPSA) is 227 Å². The maximum atomic E-state index is 9.74. The molecule has 0 bridgehead atoms. The van der Waals surface area contributed by atoms with E-state index in [1.165, 1.54) is 0 Å². The molecule has 0 N–H and O–H groups in total. The molecule has 1 saturated carbocycles. The van der Waals surface area contributed by atoms with E-state index in [2.05, 4.69) is 54.6 Å². The minimum absolute atomic E-state index is 0.206. The third-order valence-electron chi connectivity index (χ3n) is 13.4. The number of nitriles is 8. The van der Waals surface area contributed by atoms with Gasteiger partial charge in [-0.1, -0.05) is 48.5 Å². The lowest BCUT2D eigenvalue weighted by molar-refractivity contribution is 0.256. The summed E-state index contributed by atoms with van der Waals surface area (Å²) in [4.78, 5) is 0. The smallest absolute Gasteiger partial charge is 0.128 e. The summed E-state index contributed by atoms with van der Waals surface area (Å²) in [6.45, 7) is 0. The maximum absolute atomic E-state index is 9.74. The standard InChI is InChI=1S/C62H36N8O4/c63-33-41-4-14-57(28-45(41)37-67)71-53-18-8-49(9-19-53)61(50-10-20-54(21-11-50)72-58-15-5-42(34-64)46(29-58)38-68)24-26-62(27-25-61,51-12-22-55(23-13-51)73-59-16-6-43(35-65)47(30-59)39-69)52-2-1-3-56(32-52)74-60-17-7-44(36-66)48(31-60)40-70/h1-23,28-32H,24-27H2. The van der Waals surface area contributed by atoms with E-state index in [1.54, 1.807) is 72.8 Å². The summed E-state index contributed by atoms with van der Waals surface area (Å²) >= 11 is 0. The van der Waals surface area contributed by atoms with E-state index >= 15 is 0 Å². The van der Waals surface area contributed by atoms with Crippen molar-refractivity contribution in [2.24, 2.45) is 0 Å². The summed E-state index contributed by atoms with van der Waals surface area (Å²) in [6.07, 6.45) is 2.60. The summed E-state index contributed by atoms with van der Waals surface area (Å²) < 4.78 is 25.0. The van der Waals surface area contributed by atoms with Crippen molar-refractivity contribution >= 4 is 0 Å². The molecule has 348 valence electrons. The second-order valence-corrected chi connectivity index (χ2v) is 17.4. The van der Waals surface area contributed by atoms with Crippen molar-refractivity contribution < 1.29 is 18.9 Å². The summed E-state index contributed by atoms with van der Waals surface area (Å²) in [7, 11) is 0. The highest BCUT2D eigenvalue weighted by atomic mass is 16.5. The van der Waals surface area contributed by atoms with Crippen LogP contribution in [0.15, 0.2) is 170 Å². The van der Waals surface area contributed by atoms with E-state index in [1.807, 2.05) is 91.0 Å². The summed E-state index contributed by atoms with van der Waals surface area (Å²) in [5.74, 6) is 3.82. The highest BCUT2D eigenvalue weighted by Crippen LogP contribution is 2.55. The van der Waals surface area contributed by atoms with E-state index < -0.39 is 10.8 Å². The van der Waals surface area contributed by atoms with Gasteiger partial charge in [-0.25, -0.2) is 0 Å². The Labute approximate surface area is 427 Å². The molecule has 8 aromatic carbocycles. The van der Waals surface area contributed by atoms with Gasteiger partial charge in [0, 0.05) is 10.8 Å². The van der Waals surface area contributed by atoms with E-state index in [9.17, 15) is 42.1 Å². The van der Waals surface area contributed by atoms with Crippen LogP contribution in [0, 0.1) is 90.6 Å². The van der Waals surface area contributed by atoms with Crippen LogP contribution in [0.2, 0.25) is 0 Å². The van der Waals surface area contributed by atoms with Gasteiger partial charge in [0.05, 0.1) is 44.5 Å². The van der Waals surface area contributed by atoms with Crippen LogP contribution < -0.4 is 18.9 Å². The van der Waals surface area contributed by atoms with Gasteiger partial charge in [0.15, 0.2) is 0 Å². The SMILES string of the molecule is N#Cc1ccc(Oc2ccc(C3(c4ccc(Oc5ccc(C#N)c(C#N)c5)cc4)CCC(c4ccc(Oc5ccc(C#N)c(C#N)c5)cc4)(c4cccc(Oc5ccc(C#N)c(C#N)c5)c4)CC3)cc2)cc1C#N. The lowest BCUT2D eigenvalue weighted by atomic mass is 9.55. The van der Waals surface area contributed by atoms with Gasteiger partial charge in [-0.2, -0.15) is 42.1 Å². The zero-order valence-electron chi connectivity index (χ0n) is 39.2. The predicted octanol–water partition coefficient (Wildman–Crippen LogP) is 13.7. The van der Waals surface area contributed by atoms with Crippen molar-refractivity contribution in [3.63, 3.8) is 0 Å². The highest BCUT2D eigenvalue weighted by Gasteiger charge is 2.46. The Bertz CT molecular complexity index is 3720. The van der Waals surface area contributed by atoms with Crippen LogP contribution in [0.3, 0.4) is 0 Å². The first-order valence-corrected chi connectivity index (χ1v) is 23.1. The van der Waals surface area contributed by atoms with Crippen molar-refractivity contribution in [3.8, 4) is 94.5 Å². The van der Waals surface area contributed by atoms with Crippen molar-refractivity contribution in [3.05, 3.63) is 237 Å². The number of rotatable bonds is 12. The van der Waals surface area contributed by atoms with Gasteiger partial charge in [0.2, 0.25) is 0 Å². The Hall–Kier alpha value is -11.1. The van der Waals surface area contributed by atoms with Gasteiger partial charge < -0.3 is 18.9 Å². The Morgan fingerprint density at radius 3 is 0.770 bits per heavy atom.